The van der Waals surface area contributed by atoms with Crippen LogP contribution in [0.15, 0.2) is 29.4 Å². The molecule has 22 heavy (non-hydrogen) atoms. The molecule has 0 saturated carbocycles. The number of hydrogen-bond acceptors (Lipinski definition) is 4. The third-order valence-electron chi connectivity index (χ3n) is 3.60. The summed E-state index contributed by atoms with van der Waals surface area (Å²) in [6.07, 6.45) is 2.85. The number of hydrogen-bond donors (Lipinski definition) is 2. The van der Waals surface area contributed by atoms with Crippen molar-refractivity contribution in [2.75, 3.05) is 39.4 Å². The molecule has 0 amide bonds. The minimum atomic E-state index is 0.562. The SMILES string of the molecule is Cc1ccccc1/C=N\NC(=S)NCCCN1CCOCC1. The van der Waals surface area contributed by atoms with Gasteiger partial charge in [0.1, 0.15) is 0 Å². The fraction of sp³-hybridized carbons (Fsp3) is 0.500. The van der Waals surface area contributed by atoms with E-state index in [0.717, 1.165) is 51.4 Å². The van der Waals surface area contributed by atoms with Crippen molar-refractivity contribution < 1.29 is 4.74 Å². The van der Waals surface area contributed by atoms with Gasteiger partial charge in [-0.15, -0.1) is 0 Å². The molecule has 5 nitrogen and oxygen atoms in total. The number of morpholine rings is 1. The minimum absolute atomic E-state index is 0.562. The van der Waals surface area contributed by atoms with Crippen LogP contribution in [0.25, 0.3) is 0 Å². The van der Waals surface area contributed by atoms with Crippen molar-refractivity contribution >= 4 is 23.5 Å². The molecule has 1 heterocycles. The van der Waals surface area contributed by atoms with Crippen molar-refractivity contribution in [3.8, 4) is 0 Å². The van der Waals surface area contributed by atoms with E-state index in [2.05, 4.69) is 33.7 Å². The van der Waals surface area contributed by atoms with E-state index >= 15 is 0 Å². The van der Waals surface area contributed by atoms with Gasteiger partial charge in [-0.3, -0.25) is 10.3 Å². The summed E-state index contributed by atoms with van der Waals surface area (Å²) < 4.78 is 5.33. The predicted octanol–water partition coefficient (Wildman–Crippen LogP) is 1.52. The molecule has 6 heteroatoms. The molecule has 0 unspecified atom stereocenters. The summed E-state index contributed by atoms with van der Waals surface area (Å²) in [4.78, 5) is 2.41. The zero-order chi connectivity index (χ0) is 15.6. The number of thiocarbonyl (C=S) groups is 1. The number of nitrogens with one attached hydrogen (secondary N) is 2. The van der Waals surface area contributed by atoms with E-state index in [1.54, 1.807) is 6.21 Å². The Bertz CT molecular complexity index is 501. The molecule has 1 aromatic carbocycles. The second kappa shape index (κ2) is 9.50. The van der Waals surface area contributed by atoms with Crippen LogP contribution in [-0.4, -0.2) is 55.6 Å². The Morgan fingerprint density at radius 2 is 2.14 bits per heavy atom. The van der Waals surface area contributed by atoms with Crippen LogP contribution >= 0.6 is 12.2 Å². The van der Waals surface area contributed by atoms with Crippen molar-refractivity contribution in [3.05, 3.63) is 35.4 Å². The lowest BCUT2D eigenvalue weighted by Gasteiger charge is -2.26. The Balaban J connectivity index is 1.58. The van der Waals surface area contributed by atoms with E-state index in [-0.39, 0.29) is 0 Å². The van der Waals surface area contributed by atoms with Gasteiger partial charge in [-0.2, -0.15) is 5.10 Å². The number of ether oxygens (including phenoxy) is 1. The van der Waals surface area contributed by atoms with Crippen LogP contribution in [0, 0.1) is 6.92 Å². The van der Waals surface area contributed by atoms with E-state index in [4.69, 9.17) is 17.0 Å². The van der Waals surface area contributed by atoms with E-state index in [0.29, 0.717) is 5.11 Å². The van der Waals surface area contributed by atoms with E-state index in [1.165, 1.54) is 5.56 Å². The monoisotopic (exact) mass is 320 g/mol. The summed E-state index contributed by atoms with van der Waals surface area (Å²) in [5, 5.41) is 7.90. The fourth-order valence-electron chi connectivity index (χ4n) is 2.26. The van der Waals surface area contributed by atoms with Gasteiger partial charge in [-0.25, -0.2) is 0 Å². The van der Waals surface area contributed by atoms with Crippen molar-refractivity contribution in [2.45, 2.75) is 13.3 Å². The van der Waals surface area contributed by atoms with Gasteiger partial charge >= 0.3 is 0 Å². The molecule has 0 aliphatic carbocycles. The summed E-state index contributed by atoms with van der Waals surface area (Å²) in [5.41, 5.74) is 5.13. The van der Waals surface area contributed by atoms with Crippen molar-refractivity contribution in [2.24, 2.45) is 5.10 Å². The molecule has 2 N–H and O–H groups in total. The van der Waals surface area contributed by atoms with Crippen molar-refractivity contribution in [1.29, 1.82) is 0 Å². The third-order valence-corrected chi connectivity index (χ3v) is 3.83. The zero-order valence-corrected chi connectivity index (χ0v) is 13.9. The minimum Gasteiger partial charge on any atom is -0.379 e. The maximum atomic E-state index is 5.33. The van der Waals surface area contributed by atoms with E-state index < -0.39 is 0 Å². The van der Waals surface area contributed by atoms with Gasteiger partial charge < -0.3 is 10.1 Å². The summed E-state index contributed by atoms with van der Waals surface area (Å²) in [5.74, 6) is 0. The fourth-order valence-corrected chi connectivity index (χ4v) is 2.42. The Hall–Kier alpha value is -1.50. The Kier molecular flexibility index (Phi) is 7.28. The normalized spacial score (nSPS) is 15.9. The number of aryl methyl sites for hydroxylation is 1. The lowest BCUT2D eigenvalue weighted by Crippen LogP contribution is -2.39. The van der Waals surface area contributed by atoms with Gasteiger partial charge in [0.25, 0.3) is 0 Å². The number of rotatable bonds is 6. The van der Waals surface area contributed by atoms with Crippen LogP contribution < -0.4 is 10.7 Å². The molecule has 0 bridgehead atoms. The topological polar surface area (TPSA) is 48.9 Å². The summed E-state index contributed by atoms with van der Waals surface area (Å²) in [7, 11) is 0. The molecule has 1 aliphatic heterocycles. The van der Waals surface area contributed by atoms with E-state index in [1.807, 2.05) is 18.2 Å². The van der Waals surface area contributed by atoms with Crippen LogP contribution in [0.3, 0.4) is 0 Å². The molecule has 1 fully saturated rings. The smallest absolute Gasteiger partial charge is 0.186 e. The molecule has 1 aliphatic rings. The van der Waals surface area contributed by atoms with Crippen LogP contribution in [0.5, 0.6) is 0 Å². The maximum absolute atomic E-state index is 5.33. The van der Waals surface area contributed by atoms with Crippen LogP contribution in [-0.2, 0) is 4.74 Å². The maximum Gasteiger partial charge on any atom is 0.186 e. The van der Waals surface area contributed by atoms with Gasteiger partial charge in [0.2, 0.25) is 0 Å². The second-order valence-corrected chi connectivity index (χ2v) is 5.70. The molecule has 1 saturated heterocycles. The van der Waals surface area contributed by atoms with Gasteiger partial charge in [0, 0.05) is 19.6 Å². The van der Waals surface area contributed by atoms with Gasteiger partial charge in [-0.1, -0.05) is 24.3 Å². The molecule has 1 aromatic rings. The first kappa shape index (κ1) is 16.9. The Morgan fingerprint density at radius 1 is 1.36 bits per heavy atom. The van der Waals surface area contributed by atoms with Crippen molar-refractivity contribution in [1.82, 2.24) is 15.6 Å². The summed E-state index contributed by atoms with van der Waals surface area (Å²) in [6.45, 7) is 7.74. The standard InChI is InChI=1S/C16H24N4OS/c1-14-5-2-3-6-15(14)13-18-19-16(22)17-7-4-8-20-9-11-21-12-10-20/h2-3,5-6,13H,4,7-12H2,1H3,(H2,17,19,22)/b18-13-. The highest BCUT2D eigenvalue weighted by Crippen LogP contribution is 2.03. The average molecular weight is 320 g/mol. The van der Waals surface area contributed by atoms with Crippen LogP contribution in [0.2, 0.25) is 0 Å². The summed E-state index contributed by atoms with van der Waals surface area (Å²) in [6, 6.07) is 8.10. The molecule has 0 atom stereocenters. The van der Waals surface area contributed by atoms with E-state index in [9.17, 15) is 0 Å². The first-order chi connectivity index (χ1) is 10.8. The second-order valence-electron chi connectivity index (χ2n) is 5.29. The highest BCUT2D eigenvalue weighted by Gasteiger charge is 2.08. The largest absolute Gasteiger partial charge is 0.379 e. The highest BCUT2D eigenvalue weighted by molar-refractivity contribution is 7.80. The van der Waals surface area contributed by atoms with Crippen molar-refractivity contribution in [3.63, 3.8) is 0 Å². The summed E-state index contributed by atoms with van der Waals surface area (Å²) >= 11 is 5.20. The molecule has 0 aromatic heterocycles. The van der Waals surface area contributed by atoms with Gasteiger partial charge in [0.05, 0.1) is 19.4 Å². The first-order valence-corrected chi connectivity index (χ1v) is 8.09. The molecule has 2 rings (SSSR count). The molecule has 120 valence electrons. The quantitative estimate of drug-likeness (QED) is 0.360. The third kappa shape index (κ3) is 6.09. The number of benzene rings is 1. The lowest BCUT2D eigenvalue weighted by atomic mass is 10.1. The molecule has 0 radical (unpaired) electrons. The zero-order valence-electron chi connectivity index (χ0n) is 13.0. The highest BCUT2D eigenvalue weighted by atomic mass is 32.1. The van der Waals surface area contributed by atoms with Gasteiger partial charge in [0.15, 0.2) is 5.11 Å². The number of hydrazone groups is 1. The number of nitrogens with zero attached hydrogens (tertiary/aromatic N) is 2. The predicted molar refractivity (Wildman–Crippen MR) is 94.4 cm³/mol. The van der Waals surface area contributed by atoms with Crippen LogP contribution in [0.4, 0.5) is 0 Å². The first-order valence-electron chi connectivity index (χ1n) is 7.68. The van der Waals surface area contributed by atoms with Crippen LogP contribution in [0.1, 0.15) is 17.5 Å². The van der Waals surface area contributed by atoms with Gasteiger partial charge in [-0.05, 0) is 43.2 Å². The molecular weight excluding hydrogens is 296 g/mol. The lowest BCUT2D eigenvalue weighted by molar-refractivity contribution is 0.0376. The average Bonchev–Trinajstić information content (AvgIpc) is 2.54. The Labute approximate surface area is 137 Å². The molecule has 0 spiro atoms. The Morgan fingerprint density at radius 3 is 2.91 bits per heavy atom. The molecular formula is C16H24N4OS.